The molecule has 2 unspecified atom stereocenters. The lowest BCUT2D eigenvalue weighted by Gasteiger charge is -2.36. The Morgan fingerprint density at radius 2 is 2.12 bits per heavy atom. The van der Waals surface area contributed by atoms with Gasteiger partial charge < -0.3 is 5.32 Å². The smallest absolute Gasteiger partial charge is 0.214 e. The summed E-state index contributed by atoms with van der Waals surface area (Å²) in [5, 5.41) is 3.21. The minimum Gasteiger partial charge on any atom is -0.315 e. The molecule has 0 amide bonds. The van der Waals surface area contributed by atoms with Gasteiger partial charge in [-0.2, -0.15) is 0 Å². The third-order valence-electron chi connectivity index (χ3n) is 3.44. The predicted octanol–water partition coefficient (Wildman–Crippen LogP) is 1.05. The van der Waals surface area contributed by atoms with E-state index in [9.17, 15) is 8.42 Å². The van der Waals surface area contributed by atoms with Crippen LogP contribution in [-0.2, 0) is 10.0 Å². The van der Waals surface area contributed by atoms with E-state index in [1.165, 1.54) is 0 Å². The van der Waals surface area contributed by atoms with Crippen molar-refractivity contribution in [3.8, 4) is 0 Å². The first kappa shape index (κ1) is 13.9. The van der Waals surface area contributed by atoms with Crippen LogP contribution in [0, 0.1) is 5.92 Å². The highest BCUT2D eigenvalue weighted by Gasteiger charge is 2.31. The molecule has 0 saturated carbocycles. The van der Waals surface area contributed by atoms with Crippen molar-refractivity contribution in [3.63, 3.8) is 0 Å². The van der Waals surface area contributed by atoms with E-state index in [-0.39, 0.29) is 0 Å². The lowest BCUT2D eigenvalue weighted by atomic mass is 9.95. The van der Waals surface area contributed by atoms with E-state index in [1.807, 2.05) is 14.0 Å². The van der Waals surface area contributed by atoms with E-state index in [1.54, 1.807) is 4.31 Å². The van der Waals surface area contributed by atoms with Crippen LogP contribution in [0.25, 0.3) is 0 Å². The molecule has 1 fully saturated rings. The van der Waals surface area contributed by atoms with Gasteiger partial charge in [-0.15, -0.1) is 0 Å². The average molecular weight is 248 g/mol. The van der Waals surface area contributed by atoms with Gasteiger partial charge >= 0.3 is 0 Å². The average Bonchev–Trinajstić information content (AvgIpc) is 2.27. The van der Waals surface area contributed by atoms with Crippen LogP contribution in [0.2, 0.25) is 0 Å². The van der Waals surface area contributed by atoms with Crippen molar-refractivity contribution >= 4 is 10.0 Å². The lowest BCUT2D eigenvalue weighted by Crippen LogP contribution is -2.51. The zero-order chi connectivity index (χ0) is 12.2. The monoisotopic (exact) mass is 248 g/mol. The van der Waals surface area contributed by atoms with Gasteiger partial charge in [0.1, 0.15) is 0 Å². The Labute approximate surface area is 99.5 Å². The molecule has 0 aliphatic carbocycles. The molecule has 0 bridgehead atoms. The highest BCUT2D eigenvalue weighted by atomic mass is 32.2. The van der Waals surface area contributed by atoms with Crippen molar-refractivity contribution in [1.82, 2.24) is 9.62 Å². The molecule has 2 atom stereocenters. The molecule has 1 rings (SSSR count). The van der Waals surface area contributed by atoms with Crippen LogP contribution in [0.15, 0.2) is 0 Å². The fraction of sp³-hybridized carbons (Fsp3) is 1.00. The molecule has 1 N–H and O–H groups in total. The molecule has 4 nitrogen and oxygen atoms in total. The van der Waals surface area contributed by atoms with Gasteiger partial charge in [0.05, 0.1) is 5.75 Å². The SMILES string of the molecule is CCCCS(=O)(=O)N1CCC(C)C(NC)C1. The maximum Gasteiger partial charge on any atom is 0.214 e. The van der Waals surface area contributed by atoms with Crippen LogP contribution in [0.1, 0.15) is 33.1 Å². The van der Waals surface area contributed by atoms with E-state index >= 15 is 0 Å². The third kappa shape index (κ3) is 3.43. The molecule has 0 aromatic rings. The Morgan fingerprint density at radius 3 is 2.69 bits per heavy atom. The summed E-state index contributed by atoms with van der Waals surface area (Å²) in [5.74, 6) is 0.858. The van der Waals surface area contributed by atoms with Crippen LogP contribution in [0.3, 0.4) is 0 Å². The summed E-state index contributed by atoms with van der Waals surface area (Å²) in [5.41, 5.74) is 0. The van der Waals surface area contributed by atoms with Crippen LogP contribution in [0.5, 0.6) is 0 Å². The van der Waals surface area contributed by atoms with Crippen molar-refractivity contribution in [2.24, 2.45) is 5.92 Å². The summed E-state index contributed by atoms with van der Waals surface area (Å²) < 4.78 is 25.7. The minimum absolute atomic E-state index is 0.296. The molecule has 0 spiro atoms. The molecule has 1 aliphatic rings. The maximum absolute atomic E-state index is 12.0. The zero-order valence-corrected chi connectivity index (χ0v) is 11.4. The largest absolute Gasteiger partial charge is 0.315 e. The predicted molar refractivity (Wildman–Crippen MR) is 66.9 cm³/mol. The van der Waals surface area contributed by atoms with Gasteiger partial charge in [0.25, 0.3) is 0 Å². The van der Waals surface area contributed by atoms with Crippen molar-refractivity contribution in [3.05, 3.63) is 0 Å². The number of likely N-dealkylation sites (N-methyl/N-ethyl adjacent to an activating group) is 1. The molecule has 0 aromatic carbocycles. The van der Waals surface area contributed by atoms with Gasteiger partial charge in [0.2, 0.25) is 10.0 Å². The van der Waals surface area contributed by atoms with Gasteiger partial charge in [0, 0.05) is 19.1 Å². The second-order valence-electron chi connectivity index (χ2n) is 4.69. The third-order valence-corrected chi connectivity index (χ3v) is 5.36. The van der Waals surface area contributed by atoms with Crippen LogP contribution < -0.4 is 5.32 Å². The molecule has 96 valence electrons. The molecular weight excluding hydrogens is 224 g/mol. The Bertz CT molecular complexity index is 303. The molecular formula is C11H24N2O2S. The van der Waals surface area contributed by atoms with Crippen molar-refractivity contribution < 1.29 is 8.42 Å². The Morgan fingerprint density at radius 1 is 1.44 bits per heavy atom. The number of hydrogen-bond donors (Lipinski definition) is 1. The molecule has 1 saturated heterocycles. The second-order valence-corrected chi connectivity index (χ2v) is 6.78. The van der Waals surface area contributed by atoms with Gasteiger partial charge in [-0.1, -0.05) is 20.3 Å². The first-order valence-electron chi connectivity index (χ1n) is 6.16. The van der Waals surface area contributed by atoms with E-state index in [4.69, 9.17) is 0 Å². The number of nitrogens with zero attached hydrogens (tertiary/aromatic N) is 1. The van der Waals surface area contributed by atoms with Gasteiger partial charge in [-0.05, 0) is 25.8 Å². The van der Waals surface area contributed by atoms with Crippen molar-refractivity contribution in [1.29, 1.82) is 0 Å². The highest BCUT2D eigenvalue weighted by molar-refractivity contribution is 7.89. The number of hydrogen-bond acceptors (Lipinski definition) is 3. The number of unbranched alkanes of at least 4 members (excludes halogenated alkanes) is 1. The second kappa shape index (κ2) is 5.98. The number of rotatable bonds is 5. The molecule has 16 heavy (non-hydrogen) atoms. The summed E-state index contributed by atoms with van der Waals surface area (Å²) in [6.07, 6.45) is 2.65. The first-order chi connectivity index (χ1) is 7.51. The fourth-order valence-corrected chi connectivity index (χ4v) is 3.81. The van der Waals surface area contributed by atoms with Gasteiger partial charge in [0.15, 0.2) is 0 Å². The number of nitrogens with one attached hydrogen (secondary N) is 1. The van der Waals surface area contributed by atoms with Crippen LogP contribution in [0.4, 0.5) is 0 Å². The minimum atomic E-state index is -3.02. The maximum atomic E-state index is 12.0. The summed E-state index contributed by atoms with van der Waals surface area (Å²) in [6.45, 7) is 5.51. The van der Waals surface area contributed by atoms with Crippen LogP contribution >= 0.6 is 0 Å². The van der Waals surface area contributed by atoms with Crippen LogP contribution in [-0.4, -0.2) is 44.7 Å². The van der Waals surface area contributed by atoms with E-state index in [0.29, 0.717) is 30.8 Å². The first-order valence-corrected chi connectivity index (χ1v) is 7.77. The lowest BCUT2D eigenvalue weighted by molar-refractivity contribution is 0.229. The molecule has 0 radical (unpaired) electrons. The van der Waals surface area contributed by atoms with Crippen molar-refractivity contribution in [2.45, 2.75) is 39.2 Å². The van der Waals surface area contributed by atoms with E-state index in [2.05, 4.69) is 12.2 Å². The van der Waals surface area contributed by atoms with E-state index in [0.717, 1.165) is 19.3 Å². The number of piperidine rings is 1. The summed E-state index contributed by atoms with van der Waals surface area (Å²) >= 11 is 0. The topological polar surface area (TPSA) is 49.4 Å². The summed E-state index contributed by atoms with van der Waals surface area (Å²) in [4.78, 5) is 0. The quantitative estimate of drug-likeness (QED) is 0.791. The molecule has 5 heteroatoms. The van der Waals surface area contributed by atoms with Gasteiger partial charge in [-0.25, -0.2) is 12.7 Å². The molecule has 0 aromatic heterocycles. The fourth-order valence-electron chi connectivity index (χ4n) is 2.12. The molecule has 1 heterocycles. The van der Waals surface area contributed by atoms with Crippen molar-refractivity contribution in [2.75, 3.05) is 25.9 Å². The summed E-state index contributed by atoms with van der Waals surface area (Å²) in [7, 11) is -1.11. The standard InChI is InChI=1S/C11H24N2O2S/c1-4-5-8-16(14,15)13-7-6-10(2)11(9-13)12-3/h10-12H,4-9H2,1-3H3. The Hall–Kier alpha value is -0.130. The number of sulfonamides is 1. The Balaban J connectivity index is 2.60. The van der Waals surface area contributed by atoms with E-state index < -0.39 is 10.0 Å². The normalized spacial score (nSPS) is 28.2. The molecule has 1 aliphatic heterocycles. The summed E-state index contributed by atoms with van der Waals surface area (Å²) in [6, 6.07) is 0.296. The van der Waals surface area contributed by atoms with Gasteiger partial charge in [-0.3, -0.25) is 0 Å². The highest BCUT2D eigenvalue weighted by Crippen LogP contribution is 2.20. The Kier molecular flexibility index (Phi) is 5.21. The zero-order valence-electron chi connectivity index (χ0n) is 10.6.